The number of rotatable bonds is 6. The van der Waals surface area contributed by atoms with Gasteiger partial charge < -0.3 is 9.32 Å². The molecule has 2 aromatic heterocycles. The molecule has 0 N–H and O–H groups in total. The minimum atomic E-state index is -0.637. The second-order valence-electron chi connectivity index (χ2n) is 10.5. The Kier molecular flexibility index (Phi) is 5.17. The molecular weight excluding hydrogens is 460 g/mol. The Hall–Kier alpha value is -3.68. The fourth-order valence-electron chi connectivity index (χ4n) is 6.38. The lowest BCUT2D eigenvalue weighted by Gasteiger charge is -2.41. The smallest absolute Gasteiger partial charge is 0.318 e. The first-order valence-electron chi connectivity index (χ1n) is 12.2. The molecule has 2 aliphatic carbocycles. The fourth-order valence-corrected chi connectivity index (χ4v) is 6.38. The van der Waals surface area contributed by atoms with Crippen molar-refractivity contribution in [1.29, 1.82) is 0 Å². The van der Waals surface area contributed by atoms with Crippen molar-refractivity contribution in [2.45, 2.75) is 51.5 Å². The second kappa shape index (κ2) is 8.18. The van der Waals surface area contributed by atoms with Crippen LogP contribution in [-0.2, 0) is 12.0 Å². The molecule has 2 atom stereocenters. The molecule has 0 spiro atoms. The highest BCUT2D eigenvalue weighted by atomic mass is 19.1. The third-order valence-corrected chi connectivity index (χ3v) is 8.30. The predicted octanol–water partition coefficient (Wildman–Crippen LogP) is 5.98. The molecule has 4 aromatic rings. The molecule has 36 heavy (non-hydrogen) atoms. The number of hydrogen-bond donors (Lipinski definition) is 0. The number of nitrogens with zero attached hydrogens (tertiary/aromatic N) is 5. The van der Waals surface area contributed by atoms with Crippen molar-refractivity contribution >= 4 is 6.01 Å². The van der Waals surface area contributed by atoms with Crippen molar-refractivity contribution in [3.8, 4) is 11.3 Å². The maximum atomic E-state index is 14.5. The summed E-state index contributed by atoms with van der Waals surface area (Å²) in [6, 6.07) is 16.3. The molecule has 2 bridgehead atoms. The molecule has 184 valence electrons. The number of halogens is 2. The van der Waals surface area contributed by atoms with E-state index in [1.54, 1.807) is 6.92 Å². The summed E-state index contributed by atoms with van der Waals surface area (Å²) in [6.45, 7) is 7.52. The number of aromatic nitrogens is 4. The molecule has 0 amide bonds. The molecule has 1 fully saturated rings. The van der Waals surface area contributed by atoms with Gasteiger partial charge in [-0.3, -0.25) is 0 Å². The number of benzene rings is 2. The van der Waals surface area contributed by atoms with Gasteiger partial charge in [-0.15, -0.1) is 5.10 Å². The second-order valence-corrected chi connectivity index (χ2v) is 10.5. The summed E-state index contributed by atoms with van der Waals surface area (Å²) < 4.78 is 34.9. The van der Waals surface area contributed by atoms with E-state index in [0.717, 1.165) is 29.7 Å². The number of anilines is 1. The number of aryl methyl sites for hydroxylation is 1. The predicted molar refractivity (Wildman–Crippen MR) is 131 cm³/mol. The van der Waals surface area contributed by atoms with Gasteiger partial charge in [0, 0.05) is 25.4 Å². The normalized spacial score (nSPS) is 21.5. The monoisotopic (exact) mass is 487 g/mol. The van der Waals surface area contributed by atoms with Gasteiger partial charge in [0.1, 0.15) is 11.6 Å². The largest absolute Gasteiger partial charge is 0.408 e. The minimum absolute atomic E-state index is 0.130. The Morgan fingerprint density at radius 2 is 1.72 bits per heavy atom. The SMILES string of the molecule is Cc1nnc(N(Cc2ccccc2)C[C@@]23CC[C@@H](c4cc(-c5c(F)cccc5F)nnc42)C3(C)C)o1. The first kappa shape index (κ1) is 22.8. The van der Waals surface area contributed by atoms with E-state index in [1.165, 1.54) is 18.2 Å². The Bertz CT molecular complexity index is 1420. The van der Waals surface area contributed by atoms with Gasteiger partial charge >= 0.3 is 6.01 Å². The highest BCUT2D eigenvalue weighted by Gasteiger charge is 2.64. The topological polar surface area (TPSA) is 67.9 Å². The van der Waals surface area contributed by atoms with Crippen molar-refractivity contribution in [2.75, 3.05) is 11.4 Å². The van der Waals surface area contributed by atoms with Gasteiger partial charge in [0.05, 0.1) is 17.0 Å². The molecule has 0 aliphatic heterocycles. The van der Waals surface area contributed by atoms with Gasteiger partial charge in [-0.1, -0.05) is 55.3 Å². The lowest BCUT2D eigenvalue weighted by atomic mass is 9.68. The van der Waals surface area contributed by atoms with Gasteiger partial charge in [0.2, 0.25) is 5.89 Å². The fraction of sp³-hybridized carbons (Fsp3) is 0.357. The molecule has 0 saturated heterocycles. The van der Waals surface area contributed by atoms with Crippen LogP contribution >= 0.6 is 0 Å². The Morgan fingerprint density at radius 3 is 2.42 bits per heavy atom. The lowest BCUT2D eigenvalue weighted by molar-refractivity contribution is 0.206. The van der Waals surface area contributed by atoms with Crippen molar-refractivity contribution in [1.82, 2.24) is 20.4 Å². The molecule has 2 aliphatic rings. The van der Waals surface area contributed by atoms with E-state index < -0.39 is 11.6 Å². The van der Waals surface area contributed by atoms with Gasteiger partial charge in [-0.2, -0.15) is 10.2 Å². The summed E-state index contributed by atoms with van der Waals surface area (Å²) in [7, 11) is 0. The highest BCUT2D eigenvalue weighted by molar-refractivity contribution is 5.63. The molecule has 6 nitrogen and oxygen atoms in total. The van der Waals surface area contributed by atoms with Crippen LogP contribution in [0.1, 0.15) is 55.3 Å². The van der Waals surface area contributed by atoms with Gasteiger partial charge in [0.15, 0.2) is 0 Å². The van der Waals surface area contributed by atoms with Crippen LogP contribution in [0.25, 0.3) is 11.3 Å². The summed E-state index contributed by atoms with van der Waals surface area (Å²) in [5.41, 5.74) is 2.68. The van der Waals surface area contributed by atoms with Gasteiger partial charge in [-0.25, -0.2) is 8.78 Å². The minimum Gasteiger partial charge on any atom is -0.408 e. The molecule has 0 unspecified atom stereocenters. The summed E-state index contributed by atoms with van der Waals surface area (Å²) in [4.78, 5) is 2.13. The first-order valence-corrected chi connectivity index (χ1v) is 12.2. The van der Waals surface area contributed by atoms with Crippen LogP contribution in [0.2, 0.25) is 0 Å². The van der Waals surface area contributed by atoms with Crippen molar-refractivity contribution in [2.24, 2.45) is 5.41 Å². The van der Waals surface area contributed by atoms with Crippen molar-refractivity contribution < 1.29 is 13.2 Å². The molecule has 1 saturated carbocycles. The van der Waals surface area contributed by atoms with Crippen LogP contribution in [0, 0.1) is 24.0 Å². The summed E-state index contributed by atoms with van der Waals surface area (Å²) in [5.74, 6) is -0.559. The first-order chi connectivity index (χ1) is 17.3. The van der Waals surface area contributed by atoms with Crippen molar-refractivity contribution in [3.05, 3.63) is 88.9 Å². The van der Waals surface area contributed by atoms with Crippen LogP contribution < -0.4 is 4.90 Å². The zero-order chi connectivity index (χ0) is 25.1. The third kappa shape index (κ3) is 3.34. The average molecular weight is 488 g/mol. The van der Waals surface area contributed by atoms with E-state index in [-0.39, 0.29) is 28.0 Å². The lowest BCUT2D eigenvalue weighted by Crippen LogP contribution is -2.46. The maximum absolute atomic E-state index is 14.5. The van der Waals surface area contributed by atoms with E-state index in [2.05, 4.69) is 51.3 Å². The van der Waals surface area contributed by atoms with Crippen LogP contribution in [-0.4, -0.2) is 26.9 Å². The van der Waals surface area contributed by atoms with E-state index in [0.29, 0.717) is 25.0 Å². The molecule has 0 radical (unpaired) electrons. The molecule has 6 rings (SSSR count). The van der Waals surface area contributed by atoms with Gasteiger partial charge in [-0.05, 0) is 53.5 Å². The molecule has 2 aromatic carbocycles. The molecule has 2 heterocycles. The Labute approximate surface area is 208 Å². The van der Waals surface area contributed by atoms with Gasteiger partial charge in [0.25, 0.3) is 0 Å². The van der Waals surface area contributed by atoms with E-state index in [4.69, 9.17) is 4.42 Å². The Balaban J connectivity index is 1.43. The third-order valence-electron chi connectivity index (χ3n) is 8.30. The zero-order valence-corrected chi connectivity index (χ0v) is 20.5. The Morgan fingerprint density at radius 1 is 0.972 bits per heavy atom. The summed E-state index contributed by atoms with van der Waals surface area (Å²) in [6.07, 6.45) is 1.89. The van der Waals surface area contributed by atoms with E-state index in [1.807, 2.05) is 24.3 Å². The zero-order valence-electron chi connectivity index (χ0n) is 20.5. The number of hydrogen-bond acceptors (Lipinski definition) is 6. The van der Waals surface area contributed by atoms with Crippen LogP contribution in [0.5, 0.6) is 0 Å². The summed E-state index contributed by atoms with van der Waals surface area (Å²) in [5, 5.41) is 17.4. The highest BCUT2D eigenvalue weighted by Crippen LogP contribution is 2.67. The van der Waals surface area contributed by atoms with E-state index in [9.17, 15) is 8.78 Å². The quantitative estimate of drug-likeness (QED) is 0.334. The van der Waals surface area contributed by atoms with Crippen LogP contribution in [0.15, 0.2) is 59.0 Å². The van der Waals surface area contributed by atoms with Crippen molar-refractivity contribution in [3.63, 3.8) is 0 Å². The summed E-state index contributed by atoms with van der Waals surface area (Å²) >= 11 is 0. The average Bonchev–Trinajstić information content (AvgIpc) is 3.45. The molecular formula is C28H27F2N5O. The van der Waals surface area contributed by atoms with E-state index >= 15 is 0 Å². The number of fused-ring (bicyclic) bond motifs is 5. The van der Waals surface area contributed by atoms with Crippen LogP contribution in [0.4, 0.5) is 14.8 Å². The van der Waals surface area contributed by atoms with Crippen LogP contribution in [0.3, 0.4) is 0 Å². The standard InChI is InChI=1S/C28H27F2N5O/c1-17-31-34-26(36-17)35(15-18-8-5-4-6-9-18)16-28-13-12-20(27(28,2)3)19-14-23(32-33-25(19)28)24-21(29)10-7-11-22(24)30/h4-11,14,20H,12-13,15-16H2,1-3H3/t20-,28-/m0/s1. The maximum Gasteiger partial charge on any atom is 0.318 e. The molecule has 8 heteroatoms.